The maximum absolute atomic E-state index is 12.9. The van der Waals surface area contributed by atoms with E-state index in [9.17, 15) is 22.0 Å². The summed E-state index contributed by atoms with van der Waals surface area (Å²) in [5.74, 6) is -3.93. The summed E-state index contributed by atoms with van der Waals surface area (Å²) < 4.78 is 51.6. The zero-order valence-corrected chi connectivity index (χ0v) is 12.3. The smallest absolute Gasteiger partial charge is 0.283 e. The van der Waals surface area contributed by atoms with E-state index in [1.807, 2.05) is 0 Å². The van der Waals surface area contributed by atoms with Gasteiger partial charge in [-0.05, 0) is 24.6 Å². The van der Waals surface area contributed by atoms with E-state index in [1.165, 1.54) is 32.0 Å². The molecule has 6 nitrogen and oxygen atoms in total. The number of aliphatic hydroxyl groups is 1. The summed E-state index contributed by atoms with van der Waals surface area (Å²) in [7, 11) is -4.18. The minimum atomic E-state index is -4.18. The fourth-order valence-electron chi connectivity index (χ4n) is 1.50. The molecule has 0 heterocycles. The van der Waals surface area contributed by atoms with Crippen LogP contribution >= 0.6 is 0 Å². The van der Waals surface area contributed by atoms with Crippen molar-refractivity contribution in [2.45, 2.75) is 24.7 Å². The second-order valence-electron chi connectivity index (χ2n) is 4.50. The fraction of sp³-hybridized carbons (Fsp3) is 0.417. The zero-order chi connectivity index (χ0) is 16.3. The number of hydrogen-bond acceptors (Lipinski definition) is 4. The highest BCUT2D eigenvalue weighted by atomic mass is 32.2. The fourth-order valence-corrected chi connectivity index (χ4v) is 2.84. The number of halogens is 2. The quantitative estimate of drug-likeness (QED) is 0.724. The molecule has 0 bridgehead atoms. The zero-order valence-electron chi connectivity index (χ0n) is 11.5. The number of alkyl halides is 2. The molecule has 1 aromatic carbocycles. The van der Waals surface area contributed by atoms with Gasteiger partial charge in [0.05, 0.1) is 11.4 Å². The lowest BCUT2D eigenvalue weighted by atomic mass is 10.2. The first-order chi connectivity index (χ1) is 9.57. The molecular formula is C12H16F2N2O4S. The monoisotopic (exact) mass is 322 g/mol. The Hall–Kier alpha value is -1.58. The molecule has 1 rings (SSSR count). The van der Waals surface area contributed by atoms with Crippen molar-refractivity contribution in [1.82, 2.24) is 4.72 Å². The molecule has 1 amide bonds. The van der Waals surface area contributed by atoms with Crippen molar-refractivity contribution < 1.29 is 27.1 Å². The Morgan fingerprint density at radius 1 is 1.38 bits per heavy atom. The second kappa shape index (κ2) is 6.46. The normalized spacial score (nSPS) is 12.2. The minimum absolute atomic E-state index is 0.220. The van der Waals surface area contributed by atoms with Gasteiger partial charge in [0.1, 0.15) is 6.61 Å². The third-order valence-electron chi connectivity index (χ3n) is 2.55. The van der Waals surface area contributed by atoms with Crippen LogP contribution in [-0.4, -0.2) is 38.5 Å². The summed E-state index contributed by atoms with van der Waals surface area (Å²) >= 11 is 0. The Morgan fingerprint density at radius 3 is 2.52 bits per heavy atom. The number of aryl methyl sites for hydroxylation is 1. The van der Waals surface area contributed by atoms with Crippen LogP contribution in [0.15, 0.2) is 23.1 Å². The molecule has 0 aliphatic heterocycles. The Kier molecular flexibility index (Phi) is 5.37. The number of nitrogens with one attached hydrogen (secondary N) is 2. The van der Waals surface area contributed by atoms with Gasteiger partial charge in [-0.15, -0.1) is 0 Å². The largest absolute Gasteiger partial charge is 0.390 e. The van der Waals surface area contributed by atoms with Crippen LogP contribution in [-0.2, 0) is 14.8 Å². The molecule has 0 fully saturated rings. The van der Waals surface area contributed by atoms with Crippen molar-refractivity contribution in [2.75, 3.05) is 18.5 Å². The molecule has 0 unspecified atom stereocenters. The summed E-state index contributed by atoms with van der Waals surface area (Å²) in [6.07, 6.45) is 0. The summed E-state index contributed by atoms with van der Waals surface area (Å²) in [5.41, 5.74) is 0.575. The van der Waals surface area contributed by atoms with Gasteiger partial charge in [0.2, 0.25) is 15.9 Å². The summed E-state index contributed by atoms with van der Waals surface area (Å²) in [6, 6.07) is 4.12. The van der Waals surface area contributed by atoms with E-state index in [1.54, 1.807) is 4.72 Å². The number of aliphatic hydroxyl groups excluding tert-OH is 1. The van der Waals surface area contributed by atoms with Gasteiger partial charge in [-0.3, -0.25) is 4.79 Å². The number of anilines is 1. The topological polar surface area (TPSA) is 95.5 Å². The summed E-state index contributed by atoms with van der Waals surface area (Å²) in [6.45, 7) is 0.0838. The van der Waals surface area contributed by atoms with E-state index in [0.29, 0.717) is 5.56 Å². The van der Waals surface area contributed by atoms with Gasteiger partial charge >= 0.3 is 0 Å². The predicted octanol–water partition coefficient (Wildman–Crippen LogP) is 0.859. The van der Waals surface area contributed by atoms with Crippen LogP contribution in [0.25, 0.3) is 0 Å². The number of benzene rings is 1. The molecule has 1 aromatic rings. The third-order valence-corrected chi connectivity index (χ3v) is 4.09. The molecule has 0 aliphatic rings. The first-order valence-corrected chi connectivity index (χ1v) is 7.42. The van der Waals surface area contributed by atoms with Crippen LogP contribution in [0, 0.1) is 6.92 Å². The maximum Gasteiger partial charge on any atom is 0.283 e. The molecule has 118 valence electrons. The molecule has 0 aliphatic carbocycles. The molecule has 21 heavy (non-hydrogen) atoms. The van der Waals surface area contributed by atoms with E-state index in [2.05, 4.69) is 5.32 Å². The van der Waals surface area contributed by atoms with Crippen molar-refractivity contribution in [1.29, 1.82) is 0 Å². The van der Waals surface area contributed by atoms with Crippen LogP contribution in [0.4, 0.5) is 14.5 Å². The Bertz CT molecular complexity index is 632. The van der Waals surface area contributed by atoms with Crippen molar-refractivity contribution in [3.63, 3.8) is 0 Å². The first-order valence-electron chi connectivity index (χ1n) is 5.94. The average Bonchev–Trinajstić information content (AvgIpc) is 2.38. The molecule has 0 atom stereocenters. The van der Waals surface area contributed by atoms with Gasteiger partial charge in [0, 0.05) is 12.6 Å². The molecule has 9 heteroatoms. The molecular weight excluding hydrogens is 306 g/mol. The predicted molar refractivity (Wildman–Crippen MR) is 72.7 cm³/mol. The highest BCUT2D eigenvalue weighted by Gasteiger charge is 2.30. The van der Waals surface area contributed by atoms with Crippen LogP contribution in [0.3, 0.4) is 0 Å². The van der Waals surface area contributed by atoms with E-state index < -0.39 is 29.1 Å². The van der Waals surface area contributed by atoms with Gasteiger partial charge in [-0.2, -0.15) is 0 Å². The molecule has 0 saturated heterocycles. The maximum atomic E-state index is 12.9. The second-order valence-corrected chi connectivity index (χ2v) is 6.24. The number of carbonyl (C=O) groups excluding carboxylic acids is 1. The SMILES string of the molecule is CC(=O)Nc1ccc(C)c(S(=O)(=O)NCC(F)(F)CO)c1. The van der Waals surface area contributed by atoms with Gasteiger partial charge in [-0.25, -0.2) is 21.9 Å². The first kappa shape index (κ1) is 17.5. The van der Waals surface area contributed by atoms with E-state index in [4.69, 9.17) is 5.11 Å². The molecule has 0 saturated carbocycles. The minimum Gasteiger partial charge on any atom is -0.390 e. The van der Waals surface area contributed by atoms with Crippen LogP contribution in [0.5, 0.6) is 0 Å². The number of rotatable bonds is 6. The van der Waals surface area contributed by atoms with Crippen LogP contribution in [0.1, 0.15) is 12.5 Å². The Morgan fingerprint density at radius 2 is 2.00 bits per heavy atom. The number of amides is 1. The van der Waals surface area contributed by atoms with Gasteiger partial charge in [0.15, 0.2) is 0 Å². The molecule has 0 radical (unpaired) electrons. The van der Waals surface area contributed by atoms with Gasteiger partial charge in [0.25, 0.3) is 5.92 Å². The number of sulfonamides is 1. The van der Waals surface area contributed by atoms with Crippen molar-refractivity contribution in [2.24, 2.45) is 0 Å². The summed E-state index contributed by atoms with van der Waals surface area (Å²) in [5, 5.41) is 10.8. The number of hydrogen-bond donors (Lipinski definition) is 3. The molecule has 0 spiro atoms. The lowest BCUT2D eigenvalue weighted by Crippen LogP contribution is -2.39. The van der Waals surface area contributed by atoms with E-state index in [-0.39, 0.29) is 16.5 Å². The standard InChI is InChI=1S/C12H16F2N2O4S/c1-8-3-4-10(16-9(2)18)5-11(8)21(19,20)15-6-12(13,14)7-17/h3-5,15,17H,6-7H2,1-2H3,(H,16,18). The molecule has 0 aromatic heterocycles. The van der Waals surface area contributed by atoms with Gasteiger partial charge < -0.3 is 10.4 Å². The van der Waals surface area contributed by atoms with Crippen molar-refractivity contribution in [3.8, 4) is 0 Å². The highest BCUT2D eigenvalue weighted by molar-refractivity contribution is 7.89. The van der Waals surface area contributed by atoms with Gasteiger partial charge in [-0.1, -0.05) is 6.07 Å². The Labute approximate surface area is 121 Å². The lowest BCUT2D eigenvalue weighted by Gasteiger charge is -2.15. The van der Waals surface area contributed by atoms with Crippen molar-refractivity contribution >= 4 is 21.6 Å². The Balaban J connectivity index is 3.04. The number of carbonyl (C=O) groups is 1. The highest BCUT2D eigenvalue weighted by Crippen LogP contribution is 2.21. The van der Waals surface area contributed by atoms with Crippen LogP contribution < -0.4 is 10.0 Å². The third kappa shape index (κ3) is 5.03. The molecule has 3 N–H and O–H groups in total. The van der Waals surface area contributed by atoms with Crippen molar-refractivity contribution in [3.05, 3.63) is 23.8 Å². The summed E-state index contributed by atoms with van der Waals surface area (Å²) in [4.78, 5) is 10.7. The van der Waals surface area contributed by atoms with E-state index >= 15 is 0 Å². The average molecular weight is 322 g/mol. The van der Waals surface area contributed by atoms with Crippen LogP contribution in [0.2, 0.25) is 0 Å². The lowest BCUT2D eigenvalue weighted by molar-refractivity contribution is -0.114. The van der Waals surface area contributed by atoms with E-state index in [0.717, 1.165) is 0 Å².